The van der Waals surface area contributed by atoms with E-state index in [4.69, 9.17) is 4.74 Å². The molecule has 18 heavy (non-hydrogen) atoms. The molecule has 2 unspecified atom stereocenters. The van der Waals surface area contributed by atoms with Gasteiger partial charge in [-0.15, -0.1) is 0 Å². The third-order valence-electron chi connectivity index (χ3n) is 3.50. The van der Waals surface area contributed by atoms with Crippen LogP contribution in [0.2, 0.25) is 0 Å². The number of fused-ring (bicyclic) bond motifs is 1. The van der Waals surface area contributed by atoms with Crippen molar-refractivity contribution in [1.29, 1.82) is 0 Å². The van der Waals surface area contributed by atoms with Crippen molar-refractivity contribution in [2.75, 3.05) is 18.6 Å². The fourth-order valence-electron chi connectivity index (χ4n) is 2.38. The molecular weight excluding hydrogens is 242 g/mol. The summed E-state index contributed by atoms with van der Waals surface area (Å²) in [5, 5.41) is 3.67. The van der Waals surface area contributed by atoms with Gasteiger partial charge in [0.15, 0.2) is 0 Å². The summed E-state index contributed by atoms with van der Waals surface area (Å²) in [5.74, 6) is 2.29. The molecule has 0 spiro atoms. The third-order valence-corrected chi connectivity index (χ3v) is 4.15. The molecule has 100 valence electrons. The van der Waals surface area contributed by atoms with Gasteiger partial charge < -0.3 is 10.1 Å². The first kappa shape index (κ1) is 13.8. The Hall–Kier alpha value is -0.670. The maximum atomic E-state index is 5.54. The van der Waals surface area contributed by atoms with E-state index in [1.807, 2.05) is 11.8 Å². The minimum absolute atomic E-state index is 0.410. The molecule has 1 aliphatic rings. The predicted molar refractivity (Wildman–Crippen MR) is 79.7 cm³/mol. The van der Waals surface area contributed by atoms with Gasteiger partial charge in [-0.1, -0.05) is 12.1 Å². The zero-order valence-corrected chi connectivity index (χ0v) is 12.3. The van der Waals surface area contributed by atoms with E-state index in [2.05, 4.69) is 43.6 Å². The van der Waals surface area contributed by atoms with Crippen LogP contribution in [0.25, 0.3) is 0 Å². The van der Waals surface area contributed by atoms with Gasteiger partial charge in [-0.25, -0.2) is 0 Å². The Bertz CT molecular complexity index is 394. The van der Waals surface area contributed by atoms with Gasteiger partial charge >= 0.3 is 0 Å². The first-order valence-corrected chi connectivity index (χ1v) is 8.10. The van der Waals surface area contributed by atoms with E-state index in [9.17, 15) is 0 Å². The van der Waals surface area contributed by atoms with Crippen LogP contribution in [0.3, 0.4) is 0 Å². The minimum atomic E-state index is 0.410. The number of benzene rings is 1. The van der Waals surface area contributed by atoms with E-state index in [0.717, 1.165) is 18.8 Å². The van der Waals surface area contributed by atoms with Crippen LogP contribution in [0.15, 0.2) is 18.2 Å². The van der Waals surface area contributed by atoms with Gasteiger partial charge in [-0.05, 0) is 49.5 Å². The van der Waals surface area contributed by atoms with Gasteiger partial charge in [-0.2, -0.15) is 11.8 Å². The molecule has 1 heterocycles. The zero-order chi connectivity index (χ0) is 13.0. The third kappa shape index (κ3) is 3.42. The van der Waals surface area contributed by atoms with Crippen molar-refractivity contribution in [2.45, 2.75) is 38.8 Å². The van der Waals surface area contributed by atoms with Crippen LogP contribution in [0, 0.1) is 0 Å². The number of rotatable bonds is 6. The molecule has 0 saturated heterocycles. The molecule has 0 aliphatic carbocycles. The Morgan fingerprint density at radius 3 is 3.00 bits per heavy atom. The van der Waals surface area contributed by atoms with Crippen LogP contribution in [-0.4, -0.2) is 24.7 Å². The fourth-order valence-corrected chi connectivity index (χ4v) is 2.97. The largest absolute Gasteiger partial charge is 0.493 e. The Kier molecular flexibility index (Phi) is 4.95. The molecule has 3 heteroatoms. The molecule has 0 bridgehead atoms. The highest BCUT2D eigenvalue weighted by Gasteiger charge is 2.15. The highest BCUT2D eigenvalue weighted by molar-refractivity contribution is 7.98. The predicted octanol–water partition coefficient (Wildman–Crippen LogP) is 3.41. The number of hydrogen-bond acceptors (Lipinski definition) is 3. The van der Waals surface area contributed by atoms with Crippen LogP contribution in [0.5, 0.6) is 5.75 Å². The SMILES string of the molecule is CSCCC(C)NC(C)c1ccc2c(c1)CCO2. The highest BCUT2D eigenvalue weighted by Crippen LogP contribution is 2.28. The lowest BCUT2D eigenvalue weighted by molar-refractivity contribution is 0.356. The molecule has 1 N–H and O–H groups in total. The van der Waals surface area contributed by atoms with Crippen LogP contribution >= 0.6 is 11.8 Å². The molecule has 1 aromatic carbocycles. The molecule has 2 nitrogen and oxygen atoms in total. The summed E-state index contributed by atoms with van der Waals surface area (Å²) >= 11 is 1.91. The fraction of sp³-hybridized carbons (Fsp3) is 0.600. The summed E-state index contributed by atoms with van der Waals surface area (Å²) in [6.45, 7) is 5.35. The van der Waals surface area contributed by atoms with E-state index >= 15 is 0 Å². The Morgan fingerprint density at radius 1 is 1.39 bits per heavy atom. The normalized spacial score (nSPS) is 17.1. The second-order valence-corrected chi connectivity index (χ2v) is 6.02. The van der Waals surface area contributed by atoms with Crippen molar-refractivity contribution in [3.8, 4) is 5.75 Å². The van der Waals surface area contributed by atoms with Crippen molar-refractivity contribution in [2.24, 2.45) is 0 Å². The lowest BCUT2D eigenvalue weighted by Crippen LogP contribution is -2.29. The minimum Gasteiger partial charge on any atom is -0.493 e. The maximum Gasteiger partial charge on any atom is 0.122 e. The van der Waals surface area contributed by atoms with Crippen LogP contribution < -0.4 is 10.1 Å². The summed E-state index contributed by atoms with van der Waals surface area (Å²) in [6.07, 6.45) is 4.44. The molecule has 0 fully saturated rings. The first-order valence-electron chi connectivity index (χ1n) is 6.71. The summed E-state index contributed by atoms with van der Waals surface area (Å²) in [4.78, 5) is 0. The van der Waals surface area contributed by atoms with Gasteiger partial charge in [0.1, 0.15) is 5.75 Å². The van der Waals surface area contributed by atoms with Crippen LogP contribution in [0.4, 0.5) is 0 Å². The molecular formula is C15H23NOS. The lowest BCUT2D eigenvalue weighted by Gasteiger charge is -2.20. The van der Waals surface area contributed by atoms with Crippen LogP contribution in [0.1, 0.15) is 37.4 Å². The molecule has 1 aliphatic heterocycles. The van der Waals surface area contributed by atoms with E-state index in [-0.39, 0.29) is 0 Å². The summed E-state index contributed by atoms with van der Waals surface area (Å²) in [6, 6.07) is 7.57. The van der Waals surface area contributed by atoms with Gasteiger partial charge in [0.25, 0.3) is 0 Å². The average Bonchev–Trinajstić information content (AvgIpc) is 2.83. The van der Waals surface area contributed by atoms with Crippen LogP contribution in [-0.2, 0) is 6.42 Å². The summed E-state index contributed by atoms with van der Waals surface area (Å²) < 4.78 is 5.54. The van der Waals surface area contributed by atoms with E-state index in [1.54, 1.807) is 0 Å². The highest BCUT2D eigenvalue weighted by atomic mass is 32.2. The lowest BCUT2D eigenvalue weighted by atomic mass is 10.0. The van der Waals surface area contributed by atoms with Gasteiger partial charge in [-0.3, -0.25) is 0 Å². The Morgan fingerprint density at radius 2 is 2.22 bits per heavy atom. The molecule has 0 saturated carbocycles. The molecule has 0 radical (unpaired) electrons. The van der Waals surface area contributed by atoms with Crippen molar-refractivity contribution in [3.05, 3.63) is 29.3 Å². The Labute approximate surface area is 114 Å². The number of thioether (sulfide) groups is 1. The second kappa shape index (κ2) is 6.48. The second-order valence-electron chi connectivity index (χ2n) is 5.04. The molecule has 0 amide bonds. The molecule has 0 aromatic heterocycles. The number of ether oxygens (including phenoxy) is 1. The van der Waals surface area contributed by atoms with Crippen molar-refractivity contribution < 1.29 is 4.74 Å². The van der Waals surface area contributed by atoms with Crippen molar-refractivity contribution >= 4 is 11.8 Å². The Balaban J connectivity index is 1.94. The van der Waals surface area contributed by atoms with E-state index in [0.29, 0.717) is 12.1 Å². The van der Waals surface area contributed by atoms with Crippen molar-refractivity contribution in [1.82, 2.24) is 5.32 Å². The summed E-state index contributed by atoms with van der Waals surface area (Å²) in [7, 11) is 0. The number of hydrogen-bond donors (Lipinski definition) is 1. The van der Waals surface area contributed by atoms with Gasteiger partial charge in [0, 0.05) is 18.5 Å². The van der Waals surface area contributed by atoms with Crippen molar-refractivity contribution in [3.63, 3.8) is 0 Å². The molecule has 1 aromatic rings. The quantitative estimate of drug-likeness (QED) is 0.851. The summed E-state index contributed by atoms with van der Waals surface area (Å²) in [5.41, 5.74) is 2.73. The maximum absolute atomic E-state index is 5.54. The van der Waals surface area contributed by atoms with Gasteiger partial charge in [0.05, 0.1) is 6.61 Å². The van der Waals surface area contributed by atoms with E-state index < -0.39 is 0 Å². The molecule has 2 atom stereocenters. The molecule has 2 rings (SSSR count). The monoisotopic (exact) mass is 265 g/mol. The average molecular weight is 265 g/mol. The van der Waals surface area contributed by atoms with E-state index in [1.165, 1.54) is 23.3 Å². The first-order chi connectivity index (χ1) is 8.70. The smallest absolute Gasteiger partial charge is 0.122 e. The standard InChI is InChI=1S/C15H23NOS/c1-11(7-9-18-3)16-12(2)13-4-5-15-14(10-13)6-8-17-15/h4-5,10-12,16H,6-9H2,1-3H3. The number of nitrogens with one attached hydrogen (secondary N) is 1. The zero-order valence-electron chi connectivity index (χ0n) is 11.5. The topological polar surface area (TPSA) is 21.3 Å². The van der Waals surface area contributed by atoms with Gasteiger partial charge in [0.2, 0.25) is 0 Å².